The first kappa shape index (κ1) is 22.2. The number of thiazole rings is 1. The quantitative estimate of drug-likeness (QED) is 0.219. The highest BCUT2D eigenvalue weighted by Crippen LogP contribution is 2.31. The minimum atomic E-state index is -0.659. The van der Waals surface area contributed by atoms with E-state index in [-0.39, 0.29) is 35.7 Å². The summed E-state index contributed by atoms with van der Waals surface area (Å²) in [7, 11) is 0. The van der Waals surface area contributed by atoms with Crippen molar-refractivity contribution in [3.8, 4) is 11.4 Å². The summed E-state index contributed by atoms with van der Waals surface area (Å²) in [5.74, 6) is -1.34. The molecule has 0 saturated carbocycles. The van der Waals surface area contributed by atoms with E-state index in [9.17, 15) is 24.5 Å². The standard InChI is InChI=1S/C22H19N5O5S/c28-18(25-22-24-16(13-33-22)15-8-3-4-11-23-15)10-2-1-5-12-26-20(29)14-7-6-9-17(27(31)32)19(14)21(26)30/h3-4,6-9,11,13H,1-2,5,10,12H2,(H,24,25,28). The van der Waals surface area contributed by atoms with Crippen LogP contribution in [0.1, 0.15) is 46.4 Å². The predicted octanol–water partition coefficient (Wildman–Crippen LogP) is 3.91. The van der Waals surface area contributed by atoms with Crippen LogP contribution in [-0.2, 0) is 4.79 Å². The van der Waals surface area contributed by atoms with Crippen LogP contribution >= 0.6 is 11.3 Å². The van der Waals surface area contributed by atoms with Gasteiger partial charge in [-0.3, -0.25) is 34.4 Å². The van der Waals surface area contributed by atoms with Gasteiger partial charge >= 0.3 is 0 Å². The number of anilines is 1. The first-order valence-corrected chi connectivity index (χ1v) is 11.1. The SMILES string of the molecule is O=C(CCCCCN1C(=O)c2cccc([N+](=O)[O-])c2C1=O)Nc1nc(-c2ccccn2)cs1. The largest absolute Gasteiger partial charge is 0.302 e. The number of fused-ring (bicyclic) bond motifs is 1. The van der Waals surface area contributed by atoms with Gasteiger partial charge in [-0.2, -0.15) is 0 Å². The minimum Gasteiger partial charge on any atom is -0.302 e. The second kappa shape index (κ2) is 9.65. The molecule has 1 aliphatic rings. The molecule has 3 heterocycles. The van der Waals surface area contributed by atoms with Crippen molar-refractivity contribution in [2.24, 2.45) is 0 Å². The molecular formula is C22H19N5O5S. The fourth-order valence-corrected chi connectivity index (χ4v) is 4.27. The number of nitro benzene ring substituents is 1. The topological polar surface area (TPSA) is 135 Å². The third-order valence-electron chi connectivity index (χ3n) is 5.14. The number of aromatic nitrogens is 2. The van der Waals surface area contributed by atoms with Crippen LogP contribution in [0.3, 0.4) is 0 Å². The zero-order chi connectivity index (χ0) is 23.4. The third-order valence-corrected chi connectivity index (χ3v) is 5.89. The van der Waals surface area contributed by atoms with Crippen molar-refractivity contribution in [2.45, 2.75) is 25.7 Å². The minimum absolute atomic E-state index is 0.0575. The number of benzene rings is 1. The Labute approximate surface area is 192 Å². The number of nitrogens with one attached hydrogen (secondary N) is 1. The van der Waals surface area contributed by atoms with E-state index in [1.807, 2.05) is 23.6 Å². The summed E-state index contributed by atoms with van der Waals surface area (Å²) in [4.78, 5) is 57.3. The van der Waals surface area contributed by atoms with Crippen LogP contribution in [0.5, 0.6) is 0 Å². The van der Waals surface area contributed by atoms with Crippen molar-refractivity contribution >= 4 is 39.9 Å². The van der Waals surface area contributed by atoms with Gasteiger partial charge in [-0.05, 0) is 31.0 Å². The molecule has 0 unspecified atom stereocenters. The summed E-state index contributed by atoms with van der Waals surface area (Å²) in [5, 5.41) is 16.2. The molecule has 1 aliphatic heterocycles. The van der Waals surface area contributed by atoms with Crippen LogP contribution in [0.4, 0.5) is 10.8 Å². The molecule has 0 fully saturated rings. The van der Waals surface area contributed by atoms with Crippen LogP contribution in [0.25, 0.3) is 11.4 Å². The lowest BCUT2D eigenvalue weighted by Gasteiger charge is -2.13. The van der Waals surface area contributed by atoms with Crippen LogP contribution in [0.15, 0.2) is 48.0 Å². The van der Waals surface area contributed by atoms with Crippen LogP contribution in [-0.4, -0.2) is 44.1 Å². The van der Waals surface area contributed by atoms with E-state index < -0.39 is 16.7 Å². The summed E-state index contributed by atoms with van der Waals surface area (Å²) >= 11 is 1.32. The highest BCUT2D eigenvalue weighted by Gasteiger charge is 2.40. The number of unbranched alkanes of at least 4 members (excludes halogenated alkanes) is 2. The van der Waals surface area contributed by atoms with Gasteiger partial charge in [0.05, 0.1) is 16.2 Å². The molecule has 33 heavy (non-hydrogen) atoms. The lowest BCUT2D eigenvalue weighted by atomic mass is 10.1. The van der Waals surface area contributed by atoms with E-state index in [2.05, 4.69) is 15.3 Å². The van der Waals surface area contributed by atoms with Gasteiger partial charge in [-0.25, -0.2) is 4.98 Å². The van der Waals surface area contributed by atoms with E-state index in [1.165, 1.54) is 29.5 Å². The molecule has 11 heteroatoms. The zero-order valence-corrected chi connectivity index (χ0v) is 18.2. The molecule has 1 aromatic carbocycles. The molecule has 3 aromatic rings. The van der Waals surface area contributed by atoms with Gasteiger partial charge in [-0.1, -0.05) is 18.6 Å². The molecule has 0 radical (unpaired) electrons. The summed E-state index contributed by atoms with van der Waals surface area (Å²) in [5.41, 5.74) is 0.964. The number of carbonyl (C=O) groups excluding carboxylic acids is 3. The van der Waals surface area contributed by atoms with E-state index >= 15 is 0 Å². The Balaban J connectivity index is 1.22. The Hall–Kier alpha value is -3.99. The molecule has 4 rings (SSSR count). The Morgan fingerprint density at radius 1 is 1.06 bits per heavy atom. The number of imide groups is 1. The monoisotopic (exact) mass is 465 g/mol. The van der Waals surface area contributed by atoms with Crippen LogP contribution in [0, 0.1) is 10.1 Å². The van der Waals surface area contributed by atoms with E-state index in [1.54, 1.807) is 6.20 Å². The maximum atomic E-state index is 12.5. The second-order valence-electron chi connectivity index (χ2n) is 7.33. The molecule has 0 aliphatic carbocycles. The second-order valence-corrected chi connectivity index (χ2v) is 8.19. The summed E-state index contributed by atoms with van der Waals surface area (Å²) < 4.78 is 0. The first-order chi connectivity index (χ1) is 16.0. The van der Waals surface area contributed by atoms with Crippen molar-refractivity contribution < 1.29 is 19.3 Å². The number of rotatable bonds is 9. The Kier molecular flexibility index (Phi) is 6.50. The van der Waals surface area contributed by atoms with Crippen molar-refractivity contribution in [1.82, 2.24) is 14.9 Å². The lowest BCUT2D eigenvalue weighted by molar-refractivity contribution is -0.385. The van der Waals surface area contributed by atoms with Gasteiger partial charge in [0, 0.05) is 30.6 Å². The number of nitrogens with zero attached hydrogens (tertiary/aromatic N) is 4. The molecular weight excluding hydrogens is 446 g/mol. The van der Waals surface area contributed by atoms with Gasteiger partial charge in [0.25, 0.3) is 17.5 Å². The Morgan fingerprint density at radius 2 is 1.91 bits per heavy atom. The smallest absolute Gasteiger partial charge is 0.282 e. The van der Waals surface area contributed by atoms with Crippen LogP contribution < -0.4 is 5.32 Å². The van der Waals surface area contributed by atoms with E-state index in [0.717, 1.165) is 10.6 Å². The molecule has 0 atom stereocenters. The molecule has 0 bridgehead atoms. The summed E-state index contributed by atoms with van der Waals surface area (Å²) in [6, 6.07) is 9.55. The number of hydrogen-bond donors (Lipinski definition) is 1. The Morgan fingerprint density at radius 3 is 2.67 bits per heavy atom. The van der Waals surface area contributed by atoms with Gasteiger partial charge in [0.2, 0.25) is 5.91 Å². The van der Waals surface area contributed by atoms with Gasteiger partial charge in [0.15, 0.2) is 5.13 Å². The number of carbonyl (C=O) groups is 3. The van der Waals surface area contributed by atoms with Crippen molar-refractivity contribution in [3.63, 3.8) is 0 Å². The number of amides is 3. The maximum absolute atomic E-state index is 12.5. The molecule has 10 nitrogen and oxygen atoms in total. The van der Waals surface area contributed by atoms with Crippen molar-refractivity contribution in [1.29, 1.82) is 0 Å². The lowest BCUT2D eigenvalue weighted by Crippen LogP contribution is -2.30. The van der Waals surface area contributed by atoms with E-state index in [0.29, 0.717) is 30.1 Å². The van der Waals surface area contributed by atoms with Gasteiger partial charge < -0.3 is 5.32 Å². The number of nitro groups is 1. The Bertz CT molecular complexity index is 1230. The van der Waals surface area contributed by atoms with Gasteiger partial charge in [-0.15, -0.1) is 11.3 Å². The normalized spacial score (nSPS) is 12.7. The average molecular weight is 465 g/mol. The third kappa shape index (κ3) is 4.77. The maximum Gasteiger partial charge on any atom is 0.282 e. The van der Waals surface area contributed by atoms with Crippen LogP contribution in [0.2, 0.25) is 0 Å². The highest BCUT2D eigenvalue weighted by molar-refractivity contribution is 7.14. The molecule has 0 saturated heterocycles. The van der Waals surface area contributed by atoms with Gasteiger partial charge in [0.1, 0.15) is 11.3 Å². The predicted molar refractivity (Wildman–Crippen MR) is 121 cm³/mol. The molecule has 3 amide bonds. The molecule has 0 spiro atoms. The zero-order valence-electron chi connectivity index (χ0n) is 17.4. The van der Waals surface area contributed by atoms with E-state index in [4.69, 9.17) is 0 Å². The summed E-state index contributed by atoms with van der Waals surface area (Å²) in [6.07, 6.45) is 3.61. The summed E-state index contributed by atoms with van der Waals surface area (Å²) in [6.45, 7) is 0.144. The highest BCUT2D eigenvalue weighted by atomic mass is 32.1. The number of pyridine rings is 1. The fraction of sp³-hybridized carbons (Fsp3) is 0.227. The van der Waals surface area contributed by atoms with Crippen molar-refractivity contribution in [2.75, 3.05) is 11.9 Å². The fourth-order valence-electron chi connectivity index (χ4n) is 3.55. The van der Waals surface area contributed by atoms with Crippen molar-refractivity contribution in [3.05, 3.63) is 69.2 Å². The first-order valence-electron chi connectivity index (χ1n) is 10.3. The number of hydrogen-bond acceptors (Lipinski definition) is 8. The molecule has 2 aromatic heterocycles. The molecule has 1 N–H and O–H groups in total. The molecule has 168 valence electrons. The average Bonchev–Trinajstić information content (AvgIpc) is 3.37.